The lowest BCUT2D eigenvalue weighted by Crippen LogP contribution is -2.29. The van der Waals surface area contributed by atoms with Crippen molar-refractivity contribution in [2.45, 2.75) is 5.92 Å². The number of rotatable bonds is 2. The van der Waals surface area contributed by atoms with Crippen molar-refractivity contribution in [2.24, 2.45) is 5.92 Å². The molecule has 0 amide bonds. The summed E-state index contributed by atoms with van der Waals surface area (Å²) < 4.78 is 7.06. The third-order valence-corrected chi connectivity index (χ3v) is 6.84. The molecule has 0 saturated heterocycles. The fraction of sp³-hybridized carbons (Fsp3) is 0.100. The first-order valence-corrected chi connectivity index (χ1v) is 10.2. The van der Waals surface area contributed by atoms with E-state index in [1.165, 1.54) is 6.08 Å². The number of fused-ring (bicyclic) bond motifs is 2. The molecule has 0 aromatic heterocycles. The summed E-state index contributed by atoms with van der Waals surface area (Å²) in [5, 5.41) is 19.8. The Balaban J connectivity index is 2.03. The standard InChI is InChI=1S/C20H12I2O5/c21-16-13(23)7-5-11-15(9-3-1-2-4-10(9)20(25)26)12-6-8-14(24)17(22)19(12)27-18(11)16/h1-8,11,15,24H,(H,25,26)/t11-,15-/m1/s1. The van der Waals surface area contributed by atoms with Gasteiger partial charge in [-0.15, -0.1) is 0 Å². The minimum atomic E-state index is -1.01. The number of carboxylic acid groups (broad SMARTS) is 1. The average Bonchev–Trinajstić information content (AvgIpc) is 2.66. The van der Waals surface area contributed by atoms with Gasteiger partial charge in [-0.05, 0) is 69.0 Å². The SMILES string of the molecule is O=C1C=C[C@H]2C(=C1I)Oc1c(ccc(O)c1I)[C@@H]2c1ccccc1C(=O)O. The number of hydrogen-bond acceptors (Lipinski definition) is 4. The van der Waals surface area contributed by atoms with Crippen molar-refractivity contribution < 1.29 is 24.5 Å². The van der Waals surface area contributed by atoms with Crippen LogP contribution in [0.1, 0.15) is 27.4 Å². The summed E-state index contributed by atoms with van der Waals surface area (Å²) in [4.78, 5) is 24.0. The maximum Gasteiger partial charge on any atom is 0.335 e. The van der Waals surface area contributed by atoms with Gasteiger partial charge in [0.1, 0.15) is 17.3 Å². The second-order valence-electron chi connectivity index (χ2n) is 6.22. The minimum Gasteiger partial charge on any atom is -0.507 e. The summed E-state index contributed by atoms with van der Waals surface area (Å²) in [7, 11) is 0. The molecule has 2 N–H and O–H groups in total. The number of ketones is 1. The van der Waals surface area contributed by atoms with Crippen molar-refractivity contribution in [1.29, 1.82) is 0 Å². The number of carboxylic acids is 1. The first-order valence-electron chi connectivity index (χ1n) is 8.03. The van der Waals surface area contributed by atoms with Crippen molar-refractivity contribution in [3.8, 4) is 11.5 Å². The number of carbonyl (C=O) groups excluding carboxylic acids is 1. The van der Waals surface area contributed by atoms with Crippen molar-refractivity contribution in [1.82, 2.24) is 0 Å². The first kappa shape index (κ1) is 18.5. The number of aromatic carboxylic acids is 1. The van der Waals surface area contributed by atoms with Crippen LogP contribution in [0.2, 0.25) is 0 Å². The number of phenolic OH excluding ortho intramolecular Hbond substituents is 1. The van der Waals surface area contributed by atoms with Crippen LogP contribution < -0.4 is 4.74 Å². The van der Waals surface area contributed by atoms with E-state index in [4.69, 9.17) is 4.74 Å². The van der Waals surface area contributed by atoms with Crippen LogP contribution in [-0.4, -0.2) is 22.0 Å². The van der Waals surface area contributed by atoms with Gasteiger partial charge in [0.2, 0.25) is 0 Å². The Morgan fingerprint density at radius 3 is 2.56 bits per heavy atom. The van der Waals surface area contributed by atoms with Gasteiger partial charge < -0.3 is 14.9 Å². The highest BCUT2D eigenvalue weighted by Crippen LogP contribution is 2.52. The number of phenols is 1. The summed E-state index contributed by atoms with van der Waals surface area (Å²) >= 11 is 3.96. The molecule has 2 aromatic rings. The summed E-state index contributed by atoms with van der Waals surface area (Å²) in [5.41, 5.74) is 1.63. The van der Waals surface area contributed by atoms with E-state index in [0.717, 1.165) is 5.56 Å². The lowest BCUT2D eigenvalue weighted by atomic mass is 9.74. The monoisotopic (exact) mass is 586 g/mol. The molecule has 1 aliphatic heterocycles. The fourth-order valence-corrected chi connectivity index (χ4v) is 4.78. The Morgan fingerprint density at radius 2 is 1.81 bits per heavy atom. The van der Waals surface area contributed by atoms with Crippen LogP contribution in [0.15, 0.2) is 57.9 Å². The van der Waals surface area contributed by atoms with Gasteiger partial charge in [0.25, 0.3) is 0 Å². The molecule has 0 bridgehead atoms. The average molecular weight is 586 g/mol. The molecule has 5 nitrogen and oxygen atoms in total. The molecule has 2 atom stereocenters. The van der Waals surface area contributed by atoms with Crippen molar-refractivity contribution >= 4 is 56.9 Å². The number of ether oxygens (including phenoxy) is 1. The van der Waals surface area contributed by atoms with Crippen LogP contribution in [-0.2, 0) is 4.79 Å². The van der Waals surface area contributed by atoms with Crippen LogP contribution in [0, 0.1) is 9.49 Å². The van der Waals surface area contributed by atoms with Crippen LogP contribution in [0.5, 0.6) is 11.5 Å². The molecule has 0 fully saturated rings. The van der Waals surface area contributed by atoms with E-state index >= 15 is 0 Å². The number of carbonyl (C=O) groups is 2. The number of hydrogen-bond donors (Lipinski definition) is 2. The van der Waals surface area contributed by atoms with Crippen molar-refractivity contribution in [3.05, 3.63) is 78.1 Å². The molecular weight excluding hydrogens is 574 g/mol. The number of aromatic hydroxyl groups is 1. The van der Waals surface area contributed by atoms with Crippen LogP contribution >= 0.6 is 45.2 Å². The molecule has 0 spiro atoms. The second-order valence-corrected chi connectivity index (χ2v) is 8.37. The molecule has 7 heteroatoms. The summed E-state index contributed by atoms with van der Waals surface area (Å²) in [6, 6.07) is 10.2. The zero-order valence-electron chi connectivity index (χ0n) is 13.6. The highest BCUT2D eigenvalue weighted by Gasteiger charge is 2.41. The van der Waals surface area contributed by atoms with Crippen LogP contribution in [0.3, 0.4) is 0 Å². The normalized spacial score (nSPS) is 20.7. The zero-order chi connectivity index (χ0) is 19.3. The van der Waals surface area contributed by atoms with Gasteiger partial charge >= 0.3 is 5.97 Å². The maximum atomic E-state index is 12.2. The quantitative estimate of drug-likeness (QED) is 0.503. The van der Waals surface area contributed by atoms with Gasteiger partial charge in [-0.3, -0.25) is 4.79 Å². The third-order valence-electron chi connectivity index (χ3n) is 4.73. The molecular formula is C20H12I2O5. The Hall–Kier alpha value is -1.88. The number of halogens is 2. The first-order chi connectivity index (χ1) is 12.9. The topological polar surface area (TPSA) is 83.8 Å². The van der Waals surface area contributed by atoms with E-state index in [1.54, 1.807) is 42.5 Å². The summed E-state index contributed by atoms with van der Waals surface area (Å²) in [6.45, 7) is 0. The van der Waals surface area contributed by atoms with E-state index in [1.807, 2.05) is 45.2 Å². The van der Waals surface area contributed by atoms with Gasteiger partial charge in [0.15, 0.2) is 5.78 Å². The van der Waals surface area contributed by atoms with E-state index in [-0.39, 0.29) is 28.9 Å². The maximum absolute atomic E-state index is 12.2. The molecule has 2 aromatic carbocycles. The Labute approximate surface area is 182 Å². The molecule has 1 heterocycles. The molecule has 4 rings (SSSR count). The largest absolute Gasteiger partial charge is 0.507 e. The van der Waals surface area contributed by atoms with Crippen molar-refractivity contribution in [2.75, 3.05) is 0 Å². The summed E-state index contributed by atoms with van der Waals surface area (Å²) in [6.07, 6.45) is 3.28. The molecule has 136 valence electrons. The highest BCUT2D eigenvalue weighted by atomic mass is 127. The Morgan fingerprint density at radius 1 is 1.07 bits per heavy atom. The Kier molecular flexibility index (Phi) is 4.75. The molecule has 1 aliphatic carbocycles. The van der Waals surface area contributed by atoms with Crippen LogP contribution in [0.4, 0.5) is 0 Å². The minimum absolute atomic E-state index is 0.0753. The predicted molar refractivity (Wildman–Crippen MR) is 115 cm³/mol. The van der Waals surface area contributed by atoms with Crippen LogP contribution in [0.25, 0.3) is 0 Å². The molecule has 0 saturated carbocycles. The fourth-order valence-electron chi connectivity index (χ4n) is 3.53. The van der Waals surface area contributed by atoms with Gasteiger partial charge in [-0.1, -0.05) is 30.3 Å². The Bertz CT molecular complexity index is 1050. The van der Waals surface area contributed by atoms with E-state index in [0.29, 0.717) is 24.2 Å². The van der Waals surface area contributed by atoms with Crippen molar-refractivity contribution in [3.63, 3.8) is 0 Å². The lowest BCUT2D eigenvalue weighted by Gasteiger charge is -2.37. The van der Waals surface area contributed by atoms with E-state index in [2.05, 4.69) is 0 Å². The third kappa shape index (κ3) is 2.96. The zero-order valence-corrected chi connectivity index (χ0v) is 18.0. The van der Waals surface area contributed by atoms with Gasteiger partial charge in [0.05, 0.1) is 12.7 Å². The van der Waals surface area contributed by atoms with Gasteiger partial charge in [-0.2, -0.15) is 0 Å². The van der Waals surface area contributed by atoms with E-state index < -0.39 is 5.97 Å². The van der Waals surface area contributed by atoms with Gasteiger partial charge in [-0.25, -0.2) is 4.79 Å². The molecule has 2 aliphatic rings. The molecule has 0 unspecified atom stereocenters. The smallest absolute Gasteiger partial charge is 0.335 e. The highest BCUT2D eigenvalue weighted by molar-refractivity contribution is 14.1. The molecule has 0 radical (unpaired) electrons. The molecule has 27 heavy (non-hydrogen) atoms. The van der Waals surface area contributed by atoms with E-state index in [9.17, 15) is 19.8 Å². The number of allylic oxidation sites excluding steroid dienone is 3. The lowest BCUT2D eigenvalue weighted by molar-refractivity contribution is -0.110. The summed E-state index contributed by atoms with van der Waals surface area (Å²) in [5.74, 6) is -0.781. The predicted octanol–water partition coefficient (Wildman–Crippen LogP) is 4.62. The van der Waals surface area contributed by atoms with Gasteiger partial charge in [0, 0.05) is 17.4 Å². The number of benzene rings is 2. The second kappa shape index (κ2) is 6.93.